The van der Waals surface area contributed by atoms with Crippen molar-refractivity contribution in [2.24, 2.45) is 0 Å². The summed E-state index contributed by atoms with van der Waals surface area (Å²) in [6.45, 7) is 4.41. The van der Waals surface area contributed by atoms with Crippen molar-refractivity contribution in [3.05, 3.63) is 65.2 Å². The van der Waals surface area contributed by atoms with Crippen LogP contribution < -0.4 is 10.1 Å². The Labute approximate surface area is 168 Å². The van der Waals surface area contributed by atoms with Gasteiger partial charge in [-0.15, -0.1) is 0 Å². The highest BCUT2D eigenvalue weighted by molar-refractivity contribution is 5.94. The average Bonchev–Trinajstić information content (AvgIpc) is 2.70. The molecule has 1 aliphatic heterocycles. The Morgan fingerprint density at radius 1 is 1.14 bits per heavy atom. The Balaban J connectivity index is 1.48. The van der Waals surface area contributed by atoms with Crippen molar-refractivity contribution in [2.45, 2.75) is 38.5 Å². The molecule has 0 saturated carbocycles. The molecule has 1 heterocycles. The smallest absolute Gasteiger partial charge is 0.416 e. The lowest BCUT2D eigenvalue weighted by molar-refractivity contribution is -0.137. The molecule has 1 saturated heterocycles. The van der Waals surface area contributed by atoms with Gasteiger partial charge in [0.25, 0.3) is 5.91 Å². The predicted molar refractivity (Wildman–Crippen MR) is 105 cm³/mol. The van der Waals surface area contributed by atoms with E-state index in [9.17, 15) is 18.0 Å². The van der Waals surface area contributed by atoms with Crippen LogP contribution in [0.25, 0.3) is 0 Å². The molecule has 1 fully saturated rings. The Kier molecular flexibility index (Phi) is 6.79. The van der Waals surface area contributed by atoms with E-state index in [-0.39, 0.29) is 11.9 Å². The van der Waals surface area contributed by atoms with Gasteiger partial charge in [-0.1, -0.05) is 18.2 Å². The van der Waals surface area contributed by atoms with Crippen LogP contribution in [0.5, 0.6) is 5.75 Å². The Bertz CT molecular complexity index is 814. The van der Waals surface area contributed by atoms with Crippen LogP contribution in [0.15, 0.2) is 48.5 Å². The van der Waals surface area contributed by atoms with Crippen molar-refractivity contribution in [1.82, 2.24) is 10.2 Å². The Morgan fingerprint density at radius 3 is 2.45 bits per heavy atom. The monoisotopic (exact) mass is 406 g/mol. The maximum Gasteiger partial charge on any atom is 0.416 e. The zero-order chi connectivity index (χ0) is 20.9. The summed E-state index contributed by atoms with van der Waals surface area (Å²) in [6.07, 6.45) is -2.79. The number of halogens is 3. The first-order valence-electron chi connectivity index (χ1n) is 9.77. The van der Waals surface area contributed by atoms with Gasteiger partial charge in [0.2, 0.25) is 0 Å². The SMILES string of the molecule is CCOc1ccc(C(=O)NC2CCN(Cc3cccc(C(F)(F)F)c3)CC2)cc1. The number of carbonyl (C=O) groups excluding carboxylic acids is 1. The van der Waals surface area contributed by atoms with Crippen LogP contribution in [0.3, 0.4) is 0 Å². The van der Waals surface area contributed by atoms with E-state index < -0.39 is 11.7 Å². The number of likely N-dealkylation sites (tertiary alicyclic amines) is 1. The summed E-state index contributed by atoms with van der Waals surface area (Å²) >= 11 is 0. The fourth-order valence-corrected chi connectivity index (χ4v) is 3.48. The lowest BCUT2D eigenvalue weighted by Crippen LogP contribution is -2.44. The van der Waals surface area contributed by atoms with Crippen molar-refractivity contribution in [2.75, 3.05) is 19.7 Å². The molecule has 4 nitrogen and oxygen atoms in total. The van der Waals surface area contributed by atoms with E-state index >= 15 is 0 Å². The number of amides is 1. The van der Waals surface area contributed by atoms with Crippen molar-refractivity contribution in [3.8, 4) is 5.75 Å². The topological polar surface area (TPSA) is 41.6 Å². The molecule has 0 aromatic heterocycles. The lowest BCUT2D eigenvalue weighted by atomic mass is 10.0. The van der Waals surface area contributed by atoms with Gasteiger partial charge in [-0.2, -0.15) is 13.2 Å². The molecule has 1 amide bonds. The number of alkyl halides is 3. The summed E-state index contributed by atoms with van der Waals surface area (Å²) < 4.78 is 44.0. The van der Waals surface area contributed by atoms with Gasteiger partial charge in [-0.3, -0.25) is 9.69 Å². The number of piperidine rings is 1. The average molecular weight is 406 g/mol. The molecule has 0 aliphatic carbocycles. The molecular weight excluding hydrogens is 381 g/mol. The van der Waals surface area contributed by atoms with E-state index in [0.717, 1.165) is 37.7 Å². The first-order chi connectivity index (χ1) is 13.8. The molecule has 7 heteroatoms. The van der Waals surface area contributed by atoms with E-state index in [4.69, 9.17) is 4.74 Å². The quantitative estimate of drug-likeness (QED) is 0.768. The fraction of sp³-hybridized carbons (Fsp3) is 0.409. The minimum atomic E-state index is -4.33. The lowest BCUT2D eigenvalue weighted by Gasteiger charge is -2.32. The largest absolute Gasteiger partial charge is 0.494 e. The molecule has 0 spiro atoms. The number of nitrogens with zero attached hydrogens (tertiary/aromatic N) is 1. The predicted octanol–water partition coefficient (Wildman–Crippen LogP) is 4.50. The second kappa shape index (κ2) is 9.31. The van der Waals surface area contributed by atoms with Crippen molar-refractivity contribution in [3.63, 3.8) is 0 Å². The number of ether oxygens (including phenoxy) is 1. The van der Waals surface area contributed by atoms with Crippen molar-refractivity contribution >= 4 is 5.91 Å². The van der Waals surface area contributed by atoms with Crippen LogP contribution in [0.4, 0.5) is 13.2 Å². The molecule has 2 aromatic carbocycles. The highest BCUT2D eigenvalue weighted by Crippen LogP contribution is 2.30. The van der Waals surface area contributed by atoms with E-state index in [1.165, 1.54) is 12.1 Å². The second-order valence-corrected chi connectivity index (χ2v) is 7.18. The summed E-state index contributed by atoms with van der Waals surface area (Å²) in [5.41, 5.74) is 0.615. The highest BCUT2D eigenvalue weighted by atomic mass is 19.4. The number of carbonyl (C=O) groups is 1. The molecule has 0 bridgehead atoms. The first-order valence-corrected chi connectivity index (χ1v) is 9.77. The molecule has 2 aromatic rings. The molecule has 156 valence electrons. The van der Waals surface area contributed by atoms with Gasteiger partial charge in [0, 0.05) is 31.2 Å². The third-order valence-electron chi connectivity index (χ3n) is 5.01. The van der Waals surface area contributed by atoms with Crippen molar-refractivity contribution < 1.29 is 22.7 Å². The number of benzene rings is 2. The van der Waals surface area contributed by atoms with Gasteiger partial charge in [-0.05, 0) is 55.7 Å². The summed E-state index contributed by atoms with van der Waals surface area (Å²) in [5, 5.41) is 3.04. The molecule has 0 atom stereocenters. The third kappa shape index (κ3) is 5.97. The number of nitrogens with one attached hydrogen (secondary N) is 1. The fourth-order valence-electron chi connectivity index (χ4n) is 3.48. The summed E-state index contributed by atoms with van der Waals surface area (Å²) in [4.78, 5) is 14.5. The Hall–Kier alpha value is -2.54. The highest BCUT2D eigenvalue weighted by Gasteiger charge is 2.30. The van der Waals surface area contributed by atoms with E-state index in [1.54, 1.807) is 30.3 Å². The minimum absolute atomic E-state index is 0.0619. The molecule has 0 unspecified atom stereocenters. The molecule has 29 heavy (non-hydrogen) atoms. The van der Waals surface area contributed by atoms with Crippen LogP contribution in [-0.2, 0) is 12.7 Å². The van der Waals surface area contributed by atoms with E-state index in [0.29, 0.717) is 24.3 Å². The zero-order valence-electron chi connectivity index (χ0n) is 16.3. The normalized spacial score (nSPS) is 15.9. The van der Waals surface area contributed by atoms with E-state index in [1.807, 2.05) is 6.92 Å². The van der Waals surface area contributed by atoms with Gasteiger partial charge in [0.05, 0.1) is 12.2 Å². The summed E-state index contributed by atoms with van der Waals surface area (Å²) in [5.74, 6) is 0.608. The minimum Gasteiger partial charge on any atom is -0.494 e. The molecular formula is C22H25F3N2O2. The molecule has 0 radical (unpaired) electrons. The third-order valence-corrected chi connectivity index (χ3v) is 5.01. The van der Waals surface area contributed by atoms with Gasteiger partial charge >= 0.3 is 6.18 Å². The number of rotatable bonds is 6. The van der Waals surface area contributed by atoms with Crippen LogP contribution in [-0.4, -0.2) is 36.5 Å². The van der Waals surface area contributed by atoms with Crippen LogP contribution in [0, 0.1) is 0 Å². The maximum absolute atomic E-state index is 12.9. The van der Waals surface area contributed by atoms with Gasteiger partial charge in [0.15, 0.2) is 0 Å². The standard InChI is InChI=1S/C22H25F3N2O2/c1-2-29-20-8-6-17(7-9-20)21(28)26-19-10-12-27(13-11-19)15-16-4-3-5-18(14-16)22(23,24)25/h3-9,14,19H,2,10-13,15H2,1H3,(H,26,28). The first kappa shape index (κ1) is 21.2. The zero-order valence-corrected chi connectivity index (χ0v) is 16.3. The number of hydrogen-bond acceptors (Lipinski definition) is 3. The van der Waals surface area contributed by atoms with E-state index in [2.05, 4.69) is 10.2 Å². The maximum atomic E-state index is 12.9. The van der Waals surface area contributed by atoms with Gasteiger partial charge in [0.1, 0.15) is 5.75 Å². The second-order valence-electron chi connectivity index (χ2n) is 7.18. The number of hydrogen-bond donors (Lipinski definition) is 1. The van der Waals surface area contributed by atoms with Crippen LogP contribution in [0.2, 0.25) is 0 Å². The van der Waals surface area contributed by atoms with Crippen LogP contribution >= 0.6 is 0 Å². The van der Waals surface area contributed by atoms with Crippen LogP contribution in [0.1, 0.15) is 41.3 Å². The molecule has 1 N–H and O–H groups in total. The molecule has 1 aliphatic rings. The molecule has 3 rings (SSSR count). The van der Waals surface area contributed by atoms with Gasteiger partial charge < -0.3 is 10.1 Å². The van der Waals surface area contributed by atoms with Gasteiger partial charge in [-0.25, -0.2) is 0 Å². The van der Waals surface area contributed by atoms with Crippen molar-refractivity contribution in [1.29, 1.82) is 0 Å². The summed E-state index contributed by atoms with van der Waals surface area (Å²) in [6, 6.07) is 12.5. The summed E-state index contributed by atoms with van der Waals surface area (Å²) in [7, 11) is 0. The Morgan fingerprint density at radius 2 is 1.83 bits per heavy atom.